The lowest BCUT2D eigenvalue weighted by molar-refractivity contribution is -0.162. The fraction of sp³-hybridized carbons (Fsp3) is 0.695. The maximum atomic E-state index is 12.8. The van der Waals surface area contributed by atoms with Crippen molar-refractivity contribution in [2.75, 3.05) is 19.8 Å². The first kappa shape index (κ1) is 60.8. The van der Waals surface area contributed by atoms with Crippen LogP contribution in [0, 0.1) is 0 Å². The predicted molar refractivity (Wildman–Crippen MR) is 279 cm³/mol. The average Bonchev–Trinajstić information content (AvgIpc) is 3.30. The zero-order chi connectivity index (χ0) is 46.3. The lowest BCUT2D eigenvalue weighted by Crippen LogP contribution is -2.30. The molecule has 0 saturated heterocycles. The molecule has 0 aromatic rings. The van der Waals surface area contributed by atoms with Crippen LogP contribution in [0.5, 0.6) is 0 Å². The maximum Gasteiger partial charge on any atom is 0.306 e. The highest BCUT2D eigenvalue weighted by atomic mass is 16.6. The minimum atomic E-state index is -0.577. The van der Waals surface area contributed by atoms with Crippen LogP contribution < -0.4 is 0 Å². The van der Waals surface area contributed by atoms with E-state index in [1.165, 1.54) is 109 Å². The molecule has 0 aliphatic heterocycles. The highest BCUT2D eigenvalue weighted by Gasteiger charge is 2.17. The summed E-state index contributed by atoms with van der Waals surface area (Å²) >= 11 is 0. The summed E-state index contributed by atoms with van der Waals surface area (Å²) in [4.78, 5) is 25.4. The molecule has 0 aliphatic rings. The van der Waals surface area contributed by atoms with E-state index in [1.54, 1.807) is 0 Å². The predicted octanol–water partition coefficient (Wildman–Crippen LogP) is 18.2. The van der Waals surface area contributed by atoms with Gasteiger partial charge in [-0.2, -0.15) is 0 Å². The minimum absolute atomic E-state index is 0.0369. The standard InChI is InChI=1S/C59H100O5/c1-4-7-10-13-16-19-22-25-27-29-30-31-32-35-37-40-43-46-49-52-58(60)63-56-57(64-59(61)53-50-47-44-41-38-34-24-21-18-15-12-9-6-3)55-62-54-51-48-45-42-39-36-33-28-26-23-20-17-14-11-8-5-2/h7,10,12,15-16,19,21,24-25,27,30-31,35,37,43,46,57H,4-6,8-9,11,13-14,17-18,20,22-23,26,28-29,32-34,36,38-42,44-45,47-56H2,1-3H3/b10-7-,15-12-,19-16-,24-21-,27-25-,31-30-,37-35-,46-43-. The molecule has 0 aliphatic carbocycles. The first-order chi connectivity index (χ1) is 31.6. The smallest absolute Gasteiger partial charge is 0.306 e. The van der Waals surface area contributed by atoms with Crippen LogP contribution in [0.4, 0.5) is 0 Å². The molecule has 0 rings (SSSR count). The van der Waals surface area contributed by atoms with E-state index in [9.17, 15) is 9.59 Å². The summed E-state index contributed by atoms with van der Waals surface area (Å²) in [5.74, 6) is -0.509. The van der Waals surface area contributed by atoms with Gasteiger partial charge < -0.3 is 14.2 Å². The SMILES string of the molecule is CC/C=C\C/C=C\C/C=C\C/C=C\C/C=C\C/C=C\CCC(=O)OCC(COCCCCCCCCCCCCCCCCCC)OC(=O)CCCCCCC/C=C\C/C=C\CCC. The molecule has 0 fully saturated rings. The number of allylic oxidation sites excluding steroid dienone is 16. The van der Waals surface area contributed by atoms with E-state index in [4.69, 9.17) is 14.2 Å². The molecule has 0 heterocycles. The van der Waals surface area contributed by atoms with E-state index in [1.807, 2.05) is 6.08 Å². The van der Waals surface area contributed by atoms with E-state index in [-0.39, 0.29) is 25.2 Å². The lowest BCUT2D eigenvalue weighted by atomic mass is 10.0. The van der Waals surface area contributed by atoms with Crippen LogP contribution in [0.1, 0.15) is 239 Å². The number of carbonyl (C=O) groups excluding carboxylic acids is 2. The monoisotopic (exact) mass is 889 g/mol. The van der Waals surface area contributed by atoms with E-state index in [0.29, 0.717) is 25.9 Å². The van der Waals surface area contributed by atoms with Gasteiger partial charge in [0.1, 0.15) is 6.61 Å². The second-order valence-corrected chi connectivity index (χ2v) is 17.4. The number of esters is 2. The quantitative estimate of drug-likeness (QED) is 0.0346. The summed E-state index contributed by atoms with van der Waals surface area (Å²) in [7, 11) is 0. The Hall–Kier alpha value is -3.18. The molecule has 64 heavy (non-hydrogen) atoms. The normalized spacial score (nSPS) is 13.0. The van der Waals surface area contributed by atoms with Crippen molar-refractivity contribution in [2.24, 2.45) is 0 Å². The number of carbonyl (C=O) groups is 2. The Morgan fingerprint density at radius 1 is 0.359 bits per heavy atom. The second kappa shape index (κ2) is 54.2. The largest absolute Gasteiger partial charge is 0.462 e. The van der Waals surface area contributed by atoms with Crippen molar-refractivity contribution >= 4 is 11.9 Å². The average molecular weight is 889 g/mol. The molecule has 366 valence electrons. The van der Waals surface area contributed by atoms with E-state index in [2.05, 4.69) is 112 Å². The third kappa shape index (κ3) is 51.5. The summed E-state index contributed by atoms with van der Waals surface area (Å²) in [5, 5.41) is 0. The molecule has 5 nitrogen and oxygen atoms in total. The van der Waals surface area contributed by atoms with Crippen molar-refractivity contribution in [3.63, 3.8) is 0 Å². The fourth-order valence-corrected chi connectivity index (χ4v) is 7.16. The summed E-state index contributed by atoms with van der Waals surface area (Å²) in [6.45, 7) is 7.57. The molecule has 0 N–H and O–H groups in total. The second-order valence-electron chi connectivity index (χ2n) is 17.4. The summed E-state index contributed by atoms with van der Waals surface area (Å²) in [5.41, 5.74) is 0. The third-order valence-corrected chi connectivity index (χ3v) is 11.1. The van der Waals surface area contributed by atoms with Crippen LogP contribution >= 0.6 is 0 Å². The molecule has 0 radical (unpaired) electrons. The fourth-order valence-electron chi connectivity index (χ4n) is 7.16. The Labute approximate surface area is 396 Å². The van der Waals surface area contributed by atoms with Gasteiger partial charge in [0, 0.05) is 19.4 Å². The Kier molecular flexibility index (Phi) is 51.5. The molecule has 1 atom stereocenters. The van der Waals surface area contributed by atoms with E-state index < -0.39 is 6.10 Å². The Bertz CT molecular complexity index is 1230. The van der Waals surface area contributed by atoms with Crippen molar-refractivity contribution in [2.45, 2.75) is 245 Å². The van der Waals surface area contributed by atoms with Crippen molar-refractivity contribution in [3.05, 3.63) is 97.2 Å². The Morgan fingerprint density at radius 3 is 1.25 bits per heavy atom. The zero-order valence-corrected chi connectivity index (χ0v) is 42.0. The number of ether oxygens (including phenoxy) is 3. The van der Waals surface area contributed by atoms with Crippen LogP contribution in [0.25, 0.3) is 0 Å². The minimum Gasteiger partial charge on any atom is -0.462 e. The summed E-state index contributed by atoms with van der Waals surface area (Å²) in [6.07, 6.45) is 72.9. The van der Waals surface area contributed by atoms with Gasteiger partial charge in [-0.25, -0.2) is 0 Å². The van der Waals surface area contributed by atoms with Gasteiger partial charge in [-0.15, -0.1) is 0 Å². The summed E-state index contributed by atoms with van der Waals surface area (Å²) < 4.78 is 17.3. The van der Waals surface area contributed by atoms with Crippen LogP contribution in [-0.4, -0.2) is 37.9 Å². The van der Waals surface area contributed by atoms with Gasteiger partial charge >= 0.3 is 11.9 Å². The molecular formula is C59H100O5. The topological polar surface area (TPSA) is 61.8 Å². The van der Waals surface area contributed by atoms with Gasteiger partial charge in [-0.1, -0.05) is 240 Å². The highest BCUT2D eigenvalue weighted by Crippen LogP contribution is 2.15. The first-order valence-electron chi connectivity index (χ1n) is 26.8. The van der Waals surface area contributed by atoms with Crippen LogP contribution in [0.3, 0.4) is 0 Å². The molecule has 5 heteroatoms. The van der Waals surface area contributed by atoms with Crippen LogP contribution in [-0.2, 0) is 23.8 Å². The molecule has 1 unspecified atom stereocenters. The zero-order valence-electron chi connectivity index (χ0n) is 42.0. The molecule has 0 spiro atoms. The maximum absolute atomic E-state index is 12.8. The van der Waals surface area contributed by atoms with Crippen molar-refractivity contribution in [1.82, 2.24) is 0 Å². The summed E-state index contributed by atoms with van der Waals surface area (Å²) in [6, 6.07) is 0. The van der Waals surface area contributed by atoms with Gasteiger partial charge in [-0.3, -0.25) is 9.59 Å². The van der Waals surface area contributed by atoms with Gasteiger partial charge in [0.15, 0.2) is 6.10 Å². The molecule has 0 aromatic heterocycles. The molecule has 0 saturated carbocycles. The van der Waals surface area contributed by atoms with Gasteiger partial charge in [0.05, 0.1) is 6.61 Å². The van der Waals surface area contributed by atoms with Gasteiger partial charge in [-0.05, 0) is 83.5 Å². The van der Waals surface area contributed by atoms with Crippen LogP contribution in [0.15, 0.2) is 97.2 Å². The number of hydrogen-bond acceptors (Lipinski definition) is 5. The van der Waals surface area contributed by atoms with Crippen LogP contribution in [0.2, 0.25) is 0 Å². The number of rotatable bonds is 48. The van der Waals surface area contributed by atoms with Crippen molar-refractivity contribution < 1.29 is 23.8 Å². The molecule has 0 amide bonds. The van der Waals surface area contributed by atoms with Gasteiger partial charge in [0.25, 0.3) is 0 Å². The molecule has 0 aromatic carbocycles. The molecule has 0 bridgehead atoms. The van der Waals surface area contributed by atoms with E-state index in [0.717, 1.165) is 89.9 Å². The third-order valence-electron chi connectivity index (χ3n) is 11.1. The Balaban J connectivity index is 4.39. The highest BCUT2D eigenvalue weighted by molar-refractivity contribution is 5.70. The van der Waals surface area contributed by atoms with Crippen molar-refractivity contribution in [1.29, 1.82) is 0 Å². The van der Waals surface area contributed by atoms with Gasteiger partial charge in [0.2, 0.25) is 0 Å². The number of hydrogen-bond donors (Lipinski definition) is 0. The Morgan fingerprint density at radius 2 is 0.766 bits per heavy atom. The van der Waals surface area contributed by atoms with E-state index >= 15 is 0 Å². The molecular weight excluding hydrogens is 789 g/mol. The van der Waals surface area contributed by atoms with Crippen molar-refractivity contribution in [3.8, 4) is 0 Å². The number of unbranched alkanes of at least 4 members (excludes halogenated alkanes) is 21. The lowest BCUT2D eigenvalue weighted by Gasteiger charge is -2.18. The first-order valence-corrected chi connectivity index (χ1v) is 26.8.